The Bertz CT molecular complexity index is 537. The molecule has 2 N–H and O–H groups in total. The molecule has 0 aromatic heterocycles. The maximum Gasteiger partial charge on any atom is 0.318 e. The largest absolute Gasteiger partial charge is 0.461 e. The Morgan fingerprint density at radius 1 is 1.27 bits per heavy atom. The van der Waals surface area contributed by atoms with Crippen LogP contribution in [0.15, 0.2) is 0 Å². The normalized spacial score (nSPS) is 62.3. The lowest BCUT2D eigenvalue weighted by atomic mass is 9.41. The standard InChI is InChI=1S/C17H24O5/c1-15-13-12(22-14(15)19)7-9-10(3-2-4-11(9)18)16(13)5-6-17(15,20)21-8-16/h9-13,18,20H,2-8H2,1H3/t9-,10+,11+,12+,13-,15-,16-,17-/m0/s1. The fraction of sp³-hybridized carbons (Fsp3) is 0.941. The summed E-state index contributed by atoms with van der Waals surface area (Å²) in [4.78, 5) is 12.6. The van der Waals surface area contributed by atoms with Crippen molar-refractivity contribution in [3.63, 3.8) is 0 Å². The van der Waals surface area contributed by atoms with Crippen LogP contribution in [0.2, 0.25) is 0 Å². The molecular weight excluding hydrogens is 284 g/mol. The summed E-state index contributed by atoms with van der Waals surface area (Å²) >= 11 is 0. The zero-order valence-corrected chi connectivity index (χ0v) is 13.0. The van der Waals surface area contributed by atoms with Crippen molar-refractivity contribution in [3.05, 3.63) is 0 Å². The quantitative estimate of drug-likeness (QED) is 0.658. The Morgan fingerprint density at radius 2 is 2.09 bits per heavy atom. The molecule has 0 aromatic carbocycles. The summed E-state index contributed by atoms with van der Waals surface area (Å²) in [6.07, 6.45) is 4.66. The van der Waals surface area contributed by atoms with Crippen molar-refractivity contribution >= 4 is 5.97 Å². The van der Waals surface area contributed by atoms with E-state index >= 15 is 0 Å². The molecule has 6 fully saturated rings. The second kappa shape index (κ2) is 3.87. The first kappa shape index (κ1) is 13.8. The van der Waals surface area contributed by atoms with Gasteiger partial charge < -0.3 is 19.7 Å². The molecule has 3 saturated carbocycles. The molecule has 22 heavy (non-hydrogen) atoms. The molecule has 1 spiro atoms. The second-order valence-electron chi connectivity index (χ2n) is 8.43. The first-order chi connectivity index (χ1) is 10.4. The maximum absolute atomic E-state index is 12.6. The van der Waals surface area contributed by atoms with Crippen LogP contribution in [0.3, 0.4) is 0 Å². The minimum absolute atomic E-state index is 0.0338. The van der Waals surface area contributed by atoms with E-state index < -0.39 is 11.2 Å². The first-order valence-corrected chi connectivity index (χ1v) is 8.68. The summed E-state index contributed by atoms with van der Waals surface area (Å²) in [5, 5.41) is 21.4. The van der Waals surface area contributed by atoms with Crippen LogP contribution in [0.1, 0.15) is 45.4 Å². The van der Waals surface area contributed by atoms with E-state index in [1.807, 2.05) is 6.92 Å². The lowest BCUT2D eigenvalue weighted by Crippen LogP contribution is -2.73. The fourth-order valence-corrected chi connectivity index (χ4v) is 6.88. The molecule has 8 atom stereocenters. The van der Waals surface area contributed by atoms with Crippen molar-refractivity contribution in [3.8, 4) is 0 Å². The lowest BCUT2D eigenvalue weighted by Gasteiger charge is -2.67. The highest BCUT2D eigenvalue weighted by molar-refractivity contribution is 5.81. The monoisotopic (exact) mass is 308 g/mol. The lowest BCUT2D eigenvalue weighted by molar-refractivity contribution is -0.378. The van der Waals surface area contributed by atoms with Crippen LogP contribution in [-0.4, -0.2) is 40.8 Å². The van der Waals surface area contributed by atoms with Crippen molar-refractivity contribution in [2.45, 2.75) is 63.4 Å². The number of hydrogen-bond acceptors (Lipinski definition) is 5. The van der Waals surface area contributed by atoms with Crippen LogP contribution in [0, 0.1) is 28.6 Å². The van der Waals surface area contributed by atoms with Crippen LogP contribution in [0.5, 0.6) is 0 Å². The summed E-state index contributed by atoms with van der Waals surface area (Å²) in [5.74, 6) is -1.05. The molecule has 5 heteroatoms. The van der Waals surface area contributed by atoms with Gasteiger partial charge in [-0.25, -0.2) is 0 Å². The number of esters is 1. The smallest absolute Gasteiger partial charge is 0.318 e. The zero-order valence-electron chi connectivity index (χ0n) is 13.0. The van der Waals surface area contributed by atoms with Gasteiger partial charge in [-0.1, -0.05) is 6.42 Å². The topological polar surface area (TPSA) is 76.0 Å². The number of carbonyl (C=O) groups is 1. The molecule has 5 nitrogen and oxygen atoms in total. The van der Waals surface area contributed by atoms with E-state index in [1.165, 1.54) is 0 Å². The van der Waals surface area contributed by atoms with Gasteiger partial charge in [0.25, 0.3) is 0 Å². The highest BCUT2D eigenvalue weighted by Crippen LogP contribution is 2.72. The molecule has 0 unspecified atom stereocenters. The molecule has 122 valence electrons. The predicted molar refractivity (Wildman–Crippen MR) is 75.5 cm³/mol. The van der Waals surface area contributed by atoms with Crippen LogP contribution in [-0.2, 0) is 14.3 Å². The highest BCUT2D eigenvalue weighted by Gasteiger charge is 2.79. The zero-order chi connectivity index (χ0) is 15.3. The average molecular weight is 308 g/mol. The molecule has 2 bridgehead atoms. The van der Waals surface area contributed by atoms with Gasteiger partial charge in [0.1, 0.15) is 11.5 Å². The Balaban J connectivity index is 1.68. The third-order valence-corrected chi connectivity index (χ3v) is 7.89. The molecule has 0 radical (unpaired) electrons. The van der Waals surface area contributed by atoms with Crippen LogP contribution >= 0.6 is 0 Å². The van der Waals surface area contributed by atoms with E-state index in [4.69, 9.17) is 9.47 Å². The minimum Gasteiger partial charge on any atom is -0.461 e. The van der Waals surface area contributed by atoms with Gasteiger partial charge in [0.15, 0.2) is 5.79 Å². The minimum atomic E-state index is -1.37. The number of aliphatic hydroxyl groups is 2. The van der Waals surface area contributed by atoms with Gasteiger partial charge >= 0.3 is 5.97 Å². The van der Waals surface area contributed by atoms with Crippen molar-refractivity contribution in [2.24, 2.45) is 28.6 Å². The van der Waals surface area contributed by atoms with Gasteiger partial charge in [-0.05, 0) is 44.4 Å². The summed E-state index contributed by atoms with van der Waals surface area (Å²) in [6, 6.07) is 0. The van der Waals surface area contributed by atoms with E-state index in [0.29, 0.717) is 18.9 Å². The van der Waals surface area contributed by atoms with Gasteiger partial charge in [0.05, 0.1) is 12.7 Å². The molecule has 0 aromatic rings. The van der Waals surface area contributed by atoms with Gasteiger partial charge in [0.2, 0.25) is 0 Å². The summed E-state index contributed by atoms with van der Waals surface area (Å²) < 4.78 is 11.6. The van der Waals surface area contributed by atoms with Gasteiger partial charge in [-0.3, -0.25) is 4.79 Å². The maximum atomic E-state index is 12.6. The molecule has 0 amide bonds. The van der Waals surface area contributed by atoms with Gasteiger partial charge in [-0.15, -0.1) is 0 Å². The molecule has 3 saturated heterocycles. The summed E-state index contributed by atoms with van der Waals surface area (Å²) in [7, 11) is 0. The number of rotatable bonds is 0. The fourth-order valence-electron chi connectivity index (χ4n) is 6.88. The summed E-state index contributed by atoms with van der Waals surface area (Å²) in [5.41, 5.74) is -1.05. The molecule has 3 heterocycles. The van der Waals surface area contributed by atoms with Crippen molar-refractivity contribution in [2.75, 3.05) is 6.61 Å². The van der Waals surface area contributed by atoms with Gasteiger partial charge in [-0.2, -0.15) is 0 Å². The third kappa shape index (κ3) is 1.24. The Hall–Kier alpha value is -0.650. The number of fused-ring (bicyclic) bond motifs is 3. The van der Waals surface area contributed by atoms with Crippen molar-refractivity contribution in [1.29, 1.82) is 0 Å². The second-order valence-corrected chi connectivity index (χ2v) is 8.43. The van der Waals surface area contributed by atoms with E-state index in [0.717, 1.165) is 32.1 Å². The average Bonchev–Trinajstić information content (AvgIpc) is 2.77. The van der Waals surface area contributed by atoms with Gasteiger partial charge in [0, 0.05) is 17.8 Å². The van der Waals surface area contributed by atoms with Crippen LogP contribution < -0.4 is 0 Å². The molecule has 3 aliphatic carbocycles. The van der Waals surface area contributed by atoms with E-state index in [2.05, 4.69) is 0 Å². The van der Waals surface area contributed by atoms with Crippen LogP contribution in [0.4, 0.5) is 0 Å². The number of carbonyl (C=O) groups excluding carboxylic acids is 1. The summed E-state index contributed by atoms with van der Waals surface area (Å²) in [6.45, 7) is 2.34. The van der Waals surface area contributed by atoms with Crippen LogP contribution in [0.25, 0.3) is 0 Å². The molecular formula is C17H24O5. The third-order valence-electron chi connectivity index (χ3n) is 7.89. The van der Waals surface area contributed by atoms with E-state index in [1.54, 1.807) is 0 Å². The molecule has 6 aliphatic rings. The Labute approximate surface area is 130 Å². The number of ether oxygens (including phenoxy) is 2. The number of aliphatic hydroxyl groups excluding tert-OH is 1. The highest BCUT2D eigenvalue weighted by atomic mass is 16.6. The van der Waals surface area contributed by atoms with Crippen molar-refractivity contribution in [1.82, 2.24) is 0 Å². The number of hydrogen-bond donors (Lipinski definition) is 2. The molecule has 6 rings (SSSR count). The molecule has 3 aliphatic heterocycles. The van der Waals surface area contributed by atoms with E-state index in [9.17, 15) is 15.0 Å². The first-order valence-electron chi connectivity index (χ1n) is 8.68. The SMILES string of the molecule is C[C@]12C(=O)O[C@@H]3C[C@@H]4[C@H](O)CCC[C@H]4[C@@]4(CC[C@]1(O)OC4)[C@@H]32. The predicted octanol–water partition coefficient (Wildman–Crippen LogP) is 1.21. The Morgan fingerprint density at radius 3 is 2.82 bits per heavy atom. The Kier molecular flexibility index (Phi) is 2.42. The van der Waals surface area contributed by atoms with E-state index in [-0.39, 0.29) is 35.4 Å². The van der Waals surface area contributed by atoms with Crippen molar-refractivity contribution < 1.29 is 24.5 Å².